The zero-order valence-electron chi connectivity index (χ0n) is 17.7. The number of hydrogen-bond donors (Lipinski definition) is 4. The Kier molecular flexibility index (Phi) is 7.42. The number of aliphatic imine (C=N–C) groups is 1. The molecule has 0 radical (unpaired) electrons. The summed E-state index contributed by atoms with van der Waals surface area (Å²) in [6, 6.07) is 9.74. The predicted molar refractivity (Wildman–Crippen MR) is 129 cm³/mol. The van der Waals surface area contributed by atoms with Crippen LogP contribution in [-0.4, -0.2) is 28.6 Å². The molecule has 166 valence electrons. The van der Waals surface area contributed by atoms with Crippen molar-refractivity contribution >= 4 is 45.3 Å². The van der Waals surface area contributed by atoms with E-state index in [1.165, 1.54) is 12.4 Å². The number of pyridine rings is 1. The molecule has 1 aromatic heterocycles. The first-order valence-corrected chi connectivity index (χ1v) is 10.8. The van der Waals surface area contributed by atoms with Gasteiger partial charge in [0, 0.05) is 28.8 Å². The molecule has 5 N–H and O–H groups in total. The van der Waals surface area contributed by atoms with E-state index >= 15 is 0 Å². The summed E-state index contributed by atoms with van der Waals surface area (Å²) in [6.07, 6.45) is 6.57. The van der Waals surface area contributed by atoms with Crippen LogP contribution in [0.5, 0.6) is 0 Å². The second-order valence-electron chi connectivity index (χ2n) is 7.42. The summed E-state index contributed by atoms with van der Waals surface area (Å²) in [5, 5.41) is 8.93. The number of amides is 2. The molecule has 0 saturated heterocycles. The van der Waals surface area contributed by atoms with Crippen LogP contribution in [0.4, 0.5) is 11.4 Å². The largest absolute Gasteiger partial charge is 0.404 e. The molecule has 2 aromatic rings. The number of carbonyl (C=O) groups is 2. The highest BCUT2D eigenvalue weighted by molar-refractivity contribution is 9.10. The quantitative estimate of drug-likeness (QED) is 0.313. The molecule has 32 heavy (non-hydrogen) atoms. The van der Waals surface area contributed by atoms with Gasteiger partial charge in [0.05, 0.1) is 29.7 Å². The van der Waals surface area contributed by atoms with Gasteiger partial charge in [-0.1, -0.05) is 22.5 Å². The third-order valence-electron chi connectivity index (χ3n) is 5.02. The number of anilines is 2. The van der Waals surface area contributed by atoms with E-state index in [9.17, 15) is 9.59 Å². The standard InChI is InChI=1S/C23H25BrN6O2/c1-3-26-12-16(11-25)21(31)30-23(8-9-23)22(32)28-13-18-5-6-19(14-27-18)29-20-7-4-17(24)10-15(20)2/h3-7,10-12,14,29H,1,8-9,13,25H2,2H3,(H,28,32)(H,30,31)/b16-11+,26-12-. The van der Waals surface area contributed by atoms with Gasteiger partial charge in [-0.15, -0.1) is 0 Å². The zero-order chi connectivity index (χ0) is 23.1. The summed E-state index contributed by atoms with van der Waals surface area (Å²) in [4.78, 5) is 33.2. The van der Waals surface area contributed by atoms with Crippen LogP contribution in [0, 0.1) is 6.92 Å². The monoisotopic (exact) mass is 496 g/mol. The van der Waals surface area contributed by atoms with Crippen LogP contribution in [0.15, 0.2) is 70.5 Å². The van der Waals surface area contributed by atoms with Crippen LogP contribution in [0.1, 0.15) is 24.1 Å². The van der Waals surface area contributed by atoms with Gasteiger partial charge < -0.3 is 21.7 Å². The summed E-state index contributed by atoms with van der Waals surface area (Å²) in [7, 11) is 0. The molecule has 1 aliphatic carbocycles. The van der Waals surface area contributed by atoms with Crippen LogP contribution in [0.3, 0.4) is 0 Å². The van der Waals surface area contributed by atoms with E-state index in [0.29, 0.717) is 18.5 Å². The van der Waals surface area contributed by atoms with Crippen LogP contribution in [0.25, 0.3) is 0 Å². The van der Waals surface area contributed by atoms with Crippen molar-refractivity contribution < 1.29 is 9.59 Å². The summed E-state index contributed by atoms with van der Waals surface area (Å²) in [5.41, 5.74) is 8.37. The normalized spacial score (nSPS) is 14.6. The molecule has 0 atom stereocenters. The Labute approximate surface area is 195 Å². The second kappa shape index (κ2) is 10.2. The van der Waals surface area contributed by atoms with Crippen LogP contribution >= 0.6 is 15.9 Å². The molecule has 0 unspecified atom stereocenters. The van der Waals surface area contributed by atoms with Gasteiger partial charge in [0.25, 0.3) is 5.91 Å². The van der Waals surface area contributed by atoms with Crippen molar-refractivity contribution in [2.75, 3.05) is 5.32 Å². The highest BCUT2D eigenvalue weighted by Crippen LogP contribution is 2.36. The third kappa shape index (κ3) is 5.82. The van der Waals surface area contributed by atoms with Crippen molar-refractivity contribution in [2.45, 2.75) is 31.8 Å². The topological polar surface area (TPSA) is 121 Å². The number of rotatable bonds is 9. The highest BCUT2D eigenvalue weighted by Gasteiger charge is 2.51. The van der Waals surface area contributed by atoms with Gasteiger partial charge >= 0.3 is 0 Å². The third-order valence-corrected chi connectivity index (χ3v) is 5.51. The van der Waals surface area contributed by atoms with E-state index in [0.717, 1.165) is 27.6 Å². The first-order valence-electron chi connectivity index (χ1n) is 10.0. The Balaban J connectivity index is 1.55. The number of nitrogens with one attached hydrogen (secondary N) is 3. The molecule has 0 spiro atoms. The number of aryl methyl sites for hydroxylation is 1. The number of aromatic nitrogens is 1. The van der Waals surface area contributed by atoms with Gasteiger partial charge in [-0.2, -0.15) is 0 Å². The Bertz CT molecular complexity index is 1070. The summed E-state index contributed by atoms with van der Waals surface area (Å²) in [5.74, 6) is -0.708. The summed E-state index contributed by atoms with van der Waals surface area (Å²) >= 11 is 3.46. The van der Waals surface area contributed by atoms with Gasteiger partial charge in [-0.25, -0.2) is 0 Å². The van der Waals surface area contributed by atoms with E-state index in [1.807, 2.05) is 37.3 Å². The molecule has 9 heteroatoms. The van der Waals surface area contributed by atoms with Crippen molar-refractivity contribution in [3.8, 4) is 0 Å². The Morgan fingerprint density at radius 1 is 1.31 bits per heavy atom. The number of benzene rings is 1. The number of hydrogen-bond acceptors (Lipinski definition) is 6. The minimum absolute atomic E-state index is 0.162. The van der Waals surface area contributed by atoms with Gasteiger partial charge in [0.1, 0.15) is 5.54 Å². The fourth-order valence-electron chi connectivity index (χ4n) is 3.00. The number of halogens is 1. The molecular weight excluding hydrogens is 472 g/mol. The SMILES string of the molecule is C=C/N=C\C(=C/N)C(=O)NC1(C(=O)NCc2ccc(Nc3ccc(Br)cc3C)cn2)CC1. The molecule has 1 saturated carbocycles. The van der Waals surface area contributed by atoms with Crippen molar-refractivity contribution in [3.05, 3.63) is 76.8 Å². The average Bonchev–Trinajstić information content (AvgIpc) is 3.56. The Hall–Kier alpha value is -3.46. The van der Waals surface area contributed by atoms with Gasteiger partial charge in [0.2, 0.25) is 5.91 Å². The average molecular weight is 497 g/mol. The molecular formula is C23H25BrN6O2. The van der Waals surface area contributed by atoms with E-state index in [4.69, 9.17) is 5.73 Å². The molecule has 3 rings (SSSR count). The molecule has 0 bridgehead atoms. The van der Waals surface area contributed by atoms with Crippen LogP contribution < -0.4 is 21.7 Å². The summed E-state index contributed by atoms with van der Waals surface area (Å²) < 4.78 is 1.02. The van der Waals surface area contributed by atoms with Gasteiger partial charge in [-0.3, -0.25) is 19.6 Å². The van der Waals surface area contributed by atoms with E-state index in [-0.39, 0.29) is 18.0 Å². The molecule has 1 aromatic carbocycles. The molecule has 0 aliphatic heterocycles. The maximum Gasteiger partial charge on any atom is 0.255 e. The first-order chi connectivity index (χ1) is 15.4. The van der Waals surface area contributed by atoms with E-state index in [2.05, 4.69) is 48.4 Å². The van der Waals surface area contributed by atoms with Crippen molar-refractivity contribution in [1.29, 1.82) is 0 Å². The maximum absolute atomic E-state index is 12.7. The molecule has 1 heterocycles. The Morgan fingerprint density at radius 2 is 2.09 bits per heavy atom. The number of nitrogens with two attached hydrogens (primary N) is 1. The minimum Gasteiger partial charge on any atom is -0.404 e. The zero-order valence-corrected chi connectivity index (χ0v) is 19.3. The Morgan fingerprint density at radius 3 is 2.69 bits per heavy atom. The predicted octanol–water partition coefficient (Wildman–Crippen LogP) is 3.22. The maximum atomic E-state index is 12.7. The lowest BCUT2D eigenvalue weighted by molar-refractivity contribution is -0.128. The number of nitrogens with zero attached hydrogens (tertiary/aromatic N) is 2. The van der Waals surface area contributed by atoms with Crippen molar-refractivity contribution in [1.82, 2.24) is 15.6 Å². The minimum atomic E-state index is -0.923. The fourth-order valence-corrected chi connectivity index (χ4v) is 3.48. The van der Waals surface area contributed by atoms with E-state index in [1.54, 1.807) is 6.20 Å². The van der Waals surface area contributed by atoms with E-state index < -0.39 is 11.4 Å². The number of carbonyl (C=O) groups excluding carboxylic acids is 2. The smallest absolute Gasteiger partial charge is 0.255 e. The fraction of sp³-hybridized carbons (Fsp3) is 0.217. The first kappa shape index (κ1) is 23.2. The van der Waals surface area contributed by atoms with Crippen molar-refractivity contribution in [3.63, 3.8) is 0 Å². The molecule has 8 nitrogen and oxygen atoms in total. The highest BCUT2D eigenvalue weighted by atomic mass is 79.9. The van der Waals surface area contributed by atoms with Crippen molar-refractivity contribution in [2.24, 2.45) is 10.7 Å². The molecule has 1 fully saturated rings. The lowest BCUT2D eigenvalue weighted by Crippen LogP contribution is -2.49. The summed E-state index contributed by atoms with van der Waals surface area (Å²) in [6.45, 7) is 5.73. The molecule has 2 amide bonds. The van der Waals surface area contributed by atoms with Gasteiger partial charge in [0.15, 0.2) is 0 Å². The van der Waals surface area contributed by atoms with Gasteiger partial charge in [-0.05, 0) is 55.7 Å². The second-order valence-corrected chi connectivity index (χ2v) is 8.34. The lowest BCUT2D eigenvalue weighted by atomic mass is 10.2. The molecule has 1 aliphatic rings. The van der Waals surface area contributed by atoms with Crippen LogP contribution in [-0.2, 0) is 16.1 Å². The van der Waals surface area contributed by atoms with Crippen LogP contribution in [0.2, 0.25) is 0 Å². The lowest BCUT2D eigenvalue weighted by Gasteiger charge is -2.17.